The number of nitrogens with one attached hydrogen (secondary N) is 1. The van der Waals surface area contributed by atoms with Gasteiger partial charge in [0.05, 0.1) is 12.1 Å². The molecule has 1 N–H and O–H groups in total. The maximum absolute atomic E-state index is 12.7. The molecule has 1 aliphatic heterocycles. The van der Waals surface area contributed by atoms with E-state index < -0.39 is 0 Å². The van der Waals surface area contributed by atoms with Crippen LogP contribution >= 0.6 is 0 Å². The molecular weight excluding hydrogens is 286 g/mol. The van der Waals surface area contributed by atoms with Gasteiger partial charge >= 0.3 is 0 Å². The van der Waals surface area contributed by atoms with Crippen LogP contribution in [0.25, 0.3) is 0 Å². The smallest absolute Gasteiger partial charge is 0.233 e. The quantitative estimate of drug-likeness (QED) is 0.922. The van der Waals surface area contributed by atoms with Crippen molar-refractivity contribution in [2.45, 2.75) is 52.4 Å². The highest BCUT2D eigenvalue weighted by Crippen LogP contribution is 2.32. The average Bonchev–Trinajstić information content (AvgIpc) is 2.90. The highest BCUT2D eigenvalue weighted by Gasteiger charge is 2.25. The number of rotatable bonds is 2. The fourth-order valence-corrected chi connectivity index (χ4v) is 3.14. The zero-order chi connectivity index (χ0) is 16.6. The first-order valence-corrected chi connectivity index (χ1v) is 8.29. The van der Waals surface area contributed by atoms with Gasteiger partial charge in [-0.3, -0.25) is 9.89 Å². The number of aromatic nitrogens is 2. The number of benzene rings is 1. The van der Waals surface area contributed by atoms with Crippen LogP contribution in [0.3, 0.4) is 0 Å². The van der Waals surface area contributed by atoms with Crippen molar-refractivity contribution in [3.05, 3.63) is 46.8 Å². The Labute approximate surface area is 137 Å². The normalized spacial score (nSPS) is 14.7. The van der Waals surface area contributed by atoms with Crippen molar-refractivity contribution in [2.75, 3.05) is 11.4 Å². The van der Waals surface area contributed by atoms with Crippen LogP contribution in [-0.4, -0.2) is 22.6 Å². The lowest BCUT2D eigenvalue weighted by Crippen LogP contribution is -2.36. The van der Waals surface area contributed by atoms with Crippen LogP contribution in [0.1, 0.15) is 49.7 Å². The molecule has 3 rings (SSSR count). The van der Waals surface area contributed by atoms with Crippen LogP contribution in [-0.2, 0) is 23.1 Å². The lowest BCUT2D eigenvalue weighted by molar-refractivity contribution is -0.118. The van der Waals surface area contributed by atoms with Crippen LogP contribution in [0.2, 0.25) is 0 Å². The van der Waals surface area contributed by atoms with Crippen LogP contribution in [0.4, 0.5) is 5.69 Å². The van der Waals surface area contributed by atoms with Gasteiger partial charge in [-0.2, -0.15) is 5.10 Å². The number of anilines is 1. The van der Waals surface area contributed by atoms with E-state index in [1.165, 1.54) is 11.1 Å². The number of aromatic amines is 1. The van der Waals surface area contributed by atoms with Crippen molar-refractivity contribution in [1.29, 1.82) is 0 Å². The van der Waals surface area contributed by atoms with Gasteiger partial charge in [0.1, 0.15) is 0 Å². The minimum atomic E-state index is 0.126. The Balaban J connectivity index is 1.85. The zero-order valence-electron chi connectivity index (χ0n) is 14.4. The summed E-state index contributed by atoms with van der Waals surface area (Å²) in [7, 11) is 0. The highest BCUT2D eigenvalue weighted by molar-refractivity contribution is 5.95. The third kappa shape index (κ3) is 3.31. The Hall–Kier alpha value is -2.10. The van der Waals surface area contributed by atoms with E-state index in [0.29, 0.717) is 6.42 Å². The Morgan fingerprint density at radius 1 is 1.30 bits per heavy atom. The summed E-state index contributed by atoms with van der Waals surface area (Å²) in [6.07, 6.45) is 2.42. The summed E-state index contributed by atoms with van der Waals surface area (Å²) in [5.41, 5.74) is 5.62. The second kappa shape index (κ2) is 5.84. The molecule has 0 fully saturated rings. The van der Waals surface area contributed by atoms with E-state index >= 15 is 0 Å². The van der Waals surface area contributed by atoms with Crippen LogP contribution < -0.4 is 4.90 Å². The molecule has 0 saturated heterocycles. The van der Waals surface area contributed by atoms with E-state index in [0.717, 1.165) is 36.5 Å². The molecule has 1 amide bonds. The summed E-state index contributed by atoms with van der Waals surface area (Å²) < 4.78 is 0. The monoisotopic (exact) mass is 311 g/mol. The predicted octanol–water partition coefficient (Wildman–Crippen LogP) is 3.54. The Bertz CT molecular complexity index is 724. The summed E-state index contributed by atoms with van der Waals surface area (Å²) in [6, 6.07) is 8.48. The minimum Gasteiger partial charge on any atom is -0.312 e. The third-order valence-corrected chi connectivity index (χ3v) is 4.46. The first kappa shape index (κ1) is 15.8. The second-order valence-electron chi connectivity index (χ2n) is 7.46. The van der Waals surface area contributed by atoms with Gasteiger partial charge in [-0.15, -0.1) is 0 Å². The Morgan fingerprint density at radius 2 is 2.09 bits per heavy atom. The van der Waals surface area contributed by atoms with Crippen LogP contribution in [0.5, 0.6) is 0 Å². The van der Waals surface area contributed by atoms with Crippen molar-refractivity contribution in [2.24, 2.45) is 0 Å². The molecule has 1 aromatic heterocycles. The number of hydrogen-bond acceptors (Lipinski definition) is 2. The van der Waals surface area contributed by atoms with Gasteiger partial charge in [-0.1, -0.05) is 32.9 Å². The summed E-state index contributed by atoms with van der Waals surface area (Å²) in [5, 5.41) is 7.08. The van der Waals surface area contributed by atoms with Gasteiger partial charge < -0.3 is 4.90 Å². The van der Waals surface area contributed by atoms with Crippen LogP contribution in [0.15, 0.2) is 24.3 Å². The summed E-state index contributed by atoms with van der Waals surface area (Å²) in [4.78, 5) is 14.6. The molecular formula is C19H25N3O. The van der Waals surface area contributed by atoms with Crippen molar-refractivity contribution in [3.8, 4) is 0 Å². The molecule has 0 aliphatic carbocycles. The van der Waals surface area contributed by atoms with E-state index in [9.17, 15) is 4.79 Å². The van der Waals surface area contributed by atoms with Gasteiger partial charge in [0.15, 0.2) is 0 Å². The van der Waals surface area contributed by atoms with Gasteiger partial charge in [-0.05, 0) is 48.4 Å². The van der Waals surface area contributed by atoms with Crippen molar-refractivity contribution >= 4 is 11.6 Å². The predicted molar refractivity (Wildman–Crippen MR) is 92.8 cm³/mol. The Morgan fingerprint density at radius 3 is 2.74 bits per heavy atom. The van der Waals surface area contributed by atoms with Crippen molar-refractivity contribution in [1.82, 2.24) is 10.2 Å². The molecule has 0 spiro atoms. The number of amides is 1. The molecule has 4 heteroatoms. The molecule has 1 aliphatic rings. The number of carbonyl (C=O) groups is 1. The lowest BCUT2D eigenvalue weighted by Gasteiger charge is -2.31. The number of fused-ring (bicyclic) bond motifs is 1. The van der Waals surface area contributed by atoms with E-state index in [-0.39, 0.29) is 11.3 Å². The van der Waals surface area contributed by atoms with Crippen molar-refractivity contribution < 1.29 is 4.79 Å². The molecule has 0 saturated carbocycles. The maximum Gasteiger partial charge on any atom is 0.233 e. The average molecular weight is 311 g/mol. The largest absolute Gasteiger partial charge is 0.312 e. The lowest BCUT2D eigenvalue weighted by atomic mass is 9.84. The molecule has 122 valence electrons. The molecule has 4 nitrogen and oxygen atoms in total. The number of aryl methyl sites for hydroxylation is 2. The van der Waals surface area contributed by atoms with Gasteiger partial charge in [-0.25, -0.2) is 0 Å². The first-order valence-electron chi connectivity index (χ1n) is 8.29. The molecule has 23 heavy (non-hydrogen) atoms. The number of carbonyl (C=O) groups excluding carboxylic acids is 1. The summed E-state index contributed by atoms with van der Waals surface area (Å²) >= 11 is 0. The van der Waals surface area contributed by atoms with E-state index in [1.54, 1.807) is 0 Å². The minimum absolute atomic E-state index is 0.126. The van der Waals surface area contributed by atoms with Gasteiger partial charge in [0, 0.05) is 17.9 Å². The van der Waals surface area contributed by atoms with Gasteiger partial charge in [0.25, 0.3) is 0 Å². The first-order chi connectivity index (χ1) is 10.8. The Kier molecular flexibility index (Phi) is 4.00. The summed E-state index contributed by atoms with van der Waals surface area (Å²) in [5.74, 6) is 0.126. The SMILES string of the molecule is Cc1cc(CC(=O)N2CCCc3cc(C(C)(C)C)ccc32)n[nH]1. The van der Waals surface area contributed by atoms with E-state index in [1.807, 2.05) is 17.9 Å². The number of nitrogens with zero attached hydrogens (tertiary/aromatic N) is 2. The fourth-order valence-electron chi connectivity index (χ4n) is 3.14. The van der Waals surface area contributed by atoms with E-state index in [4.69, 9.17) is 0 Å². The highest BCUT2D eigenvalue weighted by atomic mass is 16.2. The third-order valence-electron chi connectivity index (χ3n) is 4.46. The maximum atomic E-state index is 12.7. The number of H-pyrrole nitrogens is 1. The fraction of sp³-hybridized carbons (Fsp3) is 0.474. The van der Waals surface area contributed by atoms with Gasteiger partial charge in [0.2, 0.25) is 5.91 Å². The van der Waals surface area contributed by atoms with E-state index in [2.05, 4.69) is 49.2 Å². The van der Waals surface area contributed by atoms with Crippen LogP contribution in [0, 0.1) is 6.92 Å². The summed E-state index contributed by atoms with van der Waals surface area (Å²) in [6.45, 7) is 9.41. The molecule has 1 aromatic carbocycles. The molecule has 0 radical (unpaired) electrons. The molecule has 2 aromatic rings. The number of hydrogen-bond donors (Lipinski definition) is 1. The molecule has 0 bridgehead atoms. The standard InChI is InChI=1S/C19H25N3O/c1-13-10-16(21-20-13)12-18(23)22-9-5-6-14-11-15(19(2,3)4)7-8-17(14)22/h7-8,10-11H,5-6,9,12H2,1-4H3,(H,20,21). The molecule has 0 unspecified atom stereocenters. The topological polar surface area (TPSA) is 49.0 Å². The van der Waals surface area contributed by atoms with Crippen molar-refractivity contribution in [3.63, 3.8) is 0 Å². The zero-order valence-corrected chi connectivity index (χ0v) is 14.4. The molecule has 2 heterocycles. The molecule has 0 atom stereocenters. The second-order valence-corrected chi connectivity index (χ2v) is 7.46.